The summed E-state index contributed by atoms with van der Waals surface area (Å²) in [6, 6.07) is 8.53. The SMILES string of the molecule is CC(C)c1c[nH]c(=O)c(C#N)c1-c1cccc(O)c1. The largest absolute Gasteiger partial charge is 0.508 e. The number of aromatic nitrogens is 1. The van der Waals surface area contributed by atoms with E-state index < -0.39 is 5.56 Å². The third-order valence-electron chi connectivity index (χ3n) is 2.99. The summed E-state index contributed by atoms with van der Waals surface area (Å²) in [5, 5.41) is 18.8. The topological polar surface area (TPSA) is 76.9 Å². The average molecular weight is 254 g/mol. The number of nitriles is 1. The molecule has 0 spiro atoms. The zero-order valence-corrected chi connectivity index (χ0v) is 10.8. The van der Waals surface area contributed by atoms with E-state index in [-0.39, 0.29) is 17.2 Å². The van der Waals surface area contributed by atoms with Gasteiger partial charge in [-0.25, -0.2) is 0 Å². The summed E-state index contributed by atoms with van der Waals surface area (Å²) in [4.78, 5) is 14.3. The molecule has 1 heterocycles. The van der Waals surface area contributed by atoms with Gasteiger partial charge in [0.1, 0.15) is 17.4 Å². The molecular formula is C15H14N2O2. The third kappa shape index (κ3) is 2.36. The molecule has 0 atom stereocenters. The number of benzene rings is 1. The van der Waals surface area contributed by atoms with E-state index in [4.69, 9.17) is 0 Å². The minimum absolute atomic E-state index is 0.0804. The lowest BCUT2D eigenvalue weighted by atomic mass is 9.91. The number of hydrogen-bond donors (Lipinski definition) is 2. The van der Waals surface area contributed by atoms with Crippen LogP contribution in [0, 0.1) is 11.3 Å². The van der Waals surface area contributed by atoms with E-state index in [2.05, 4.69) is 4.98 Å². The minimum atomic E-state index is -0.412. The first kappa shape index (κ1) is 12.9. The van der Waals surface area contributed by atoms with Crippen molar-refractivity contribution < 1.29 is 5.11 Å². The lowest BCUT2D eigenvalue weighted by Crippen LogP contribution is -2.13. The Morgan fingerprint density at radius 1 is 1.37 bits per heavy atom. The number of phenols is 1. The van der Waals surface area contributed by atoms with Crippen LogP contribution in [-0.2, 0) is 0 Å². The molecule has 0 aliphatic rings. The molecular weight excluding hydrogens is 240 g/mol. The van der Waals surface area contributed by atoms with Crippen LogP contribution in [0.25, 0.3) is 11.1 Å². The van der Waals surface area contributed by atoms with Crippen LogP contribution in [0.5, 0.6) is 5.75 Å². The maximum atomic E-state index is 11.8. The zero-order valence-electron chi connectivity index (χ0n) is 10.8. The number of H-pyrrole nitrogens is 1. The van der Waals surface area contributed by atoms with Crippen LogP contribution in [0.3, 0.4) is 0 Å². The summed E-state index contributed by atoms with van der Waals surface area (Å²) in [7, 11) is 0. The molecule has 2 N–H and O–H groups in total. The van der Waals surface area contributed by atoms with Gasteiger partial charge < -0.3 is 10.1 Å². The van der Waals surface area contributed by atoms with Crippen LogP contribution < -0.4 is 5.56 Å². The van der Waals surface area contributed by atoms with Gasteiger partial charge in [0.25, 0.3) is 5.56 Å². The molecule has 0 radical (unpaired) electrons. The Labute approximate surface area is 111 Å². The van der Waals surface area contributed by atoms with Crippen molar-refractivity contribution in [3.8, 4) is 22.9 Å². The highest BCUT2D eigenvalue weighted by molar-refractivity contribution is 5.74. The molecule has 4 heteroatoms. The molecule has 96 valence electrons. The van der Waals surface area contributed by atoms with Crippen LogP contribution in [0.1, 0.15) is 30.9 Å². The molecule has 0 unspecified atom stereocenters. The molecule has 0 saturated carbocycles. The quantitative estimate of drug-likeness (QED) is 0.865. The number of aromatic amines is 1. The van der Waals surface area contributed by atoms with Gasteiger partial charge in [0.15, 0.2) is 0 Å². The Morgan fingerprint density at radius 3 is 2.68 bits per heavy atom. The van der Waals surface area contributed by atoms with Crippen molar-refractivity contribution in [1.29, 1.82) is 5.26 Å². The van der Waals surface area contributed by atoms with Crippen molar-refractivity contribution in [2.24, 2.45) is 0 Å². The summed E-state index contributed by atoms with van der Waals surface area (Å²) in [6.07, 6.45) is 1.63. The van der Waals surface area contributed by atoms with E-state index in [1.807, 2.05) is 19.9 Å². The Hall–Kier alpha value is -2.54. The van der Waals surface area contributed by atoms with Crippen molar-refractivity contribution in [2.75, 3.05) is 0 Å². The highest BCUT2D eigenvalue weighted by Gasteiger charge is 2.16. The van der Waals surface area contributed by atoms with Crippen LogP contribution in [0.15, 0.2) is 35.3 Å². The predicted octanol–water partition coefficient (Wildman–Crippen LogP) is 2.74. The van der Waals surface area contributed by atoms with Gasteiger partial charge >= 0.3 is 0 Å². The summed E-state index contributed by atoms with van der Waals surface area (Å²) in [5.41, 5.74) is 1.81. The lowest BCUT2D eigenvalue weighted by Gasteiger charge is -2.14. The first-order valence-electron chi connectivity index (χ1n) is 5.99. The lowest BCUT2D eigenvalue weighted by molar-refractivity contribution is 0.475. The molecule has 0 saturated heterocycles. The maximum absolute atomic E-state index is 11.8. The van der Waals surface area contributed by atoms with Crippen LogP contribution in [0.4, 0.5) is 0 Å². The van der Waals surface area contributed by atoms with Gasteiger partial charge in [-0.2, -0.15) is 5.26 Å². The van der Waals surface area contributed by atoms with Gasteiger partial charge in [0.2, 0.25) is 0 Å². The maximum Gasteiger partial charge on any atom is 0.266 e. The summed E-state index contributed by atoms with van der Waals surface area (Å²) >= 11 is 0. The van der Waals surface area contributed by atoms with E-state index >= 15 is 0 Å². The van der Waals surface area contributed by atoms with Crippen molar-refractivity contribution in [1.82, 2.24) is 4.98 Å². The van der Waals surface area contributed by atoms with Crippen LogP contribution >= 0.6 is 0 Å². The molecule has 0 aliphatic carbocycles. The zero-order chi connectivity index (χ0) is 14.0. The molecule has 0 fully saturated rings. The summed E-state index contributed by atoms with van der Waals surface area (Å²) in [5.74, 6) is 0.262. The molecule has 19 heavy (non-hydrogen) atoms. The number of pyridine rings is 1. The predicted molar refractivity (Wildman–Crippen MR) is 73.0 cm³/mol. The van der Waals surface area contributed by atoms with E-state index in [1.54, 1.807) is 30.5 Å². The molecule has 2 rings (SSSR count). The first-order valence-corrected chi connectivity index (χ1v) is 5.99. The fraction of sp³-hybridized carbons (Fsp3) is 0.200. The Bertz CT molecular complexity index is 709. The normalized spacial score (nSPS) is 10.4. The number of nitrogens with zero attached hydrogens (tertiary/aromatic N) is 1. The Balaban J connectivity index is 2.84. The Kier molecular flexibility index (Phi) is 3.39. The molecule has 1 aromatic heterocycles. The van der Waals surface area contributed by atoms with E-state index in [1.165, 1.54) is 0 Å². The first-order chi connectivity index (χ1) is 9.04. The van der Waals surface area contributed by atoms with Gasteiger partial charge in [-0.3, -0.25) is 4.79 Å². The number of aromatic hydroxyl groups is 1. The van der Waals surface area contributed by atoms with Crippen molar-refractivity contribution in [2.45, 2.75) is 19.8 Å². The minimum Gasteiger partial charge on any atom is -0.508 e. The van der Waals surface area contributed by atoms with E-state index in [0.717, 1.165) is 5.56 Å². The summed E-state index contributed by atoms with van der Waals surface area (Å²) < 4.78 is 0. The van der Waals surface area contributed by atoms with Crippen molar-refractivity contribution >= 4 is 0 Å². The van der Waals surface area contributed by atoms with Crippen molar-refractivity contribution in [3.63, 3.8) is 0 Å². The second kappa shape index (κ2) is 4.99. The van der Waals surface area contributed by atoms with Gasteiger partial charge in [-0.05, 0) is 29.2 Å². The second-order valence-corrected chi connectivity index (χ2v) is 4.64. The molecule has 4 nitrogen and oxygen atoms in total. The van der Waals surface area contributed by atoms with E-state index in [9.17, 15) is 15.2 Å². The van der Waals surface area contributed by atoms with Crippen LogP contribution in [-0.4, -0.2) is 10.1 Å². The fourth-order valence-electron chi connectivity index (χ4n) is 2.08. The molecule has 2 aromatic rings. The van der Waals surface area contributed by atoms with Gasteiger partial charge in [0, 0.05) is 11.8 Å². The van der Waals surface area contributed by atoms with Gasteiger partial charge in [-0.15, -0.1) is 0 Å². The second-order valence-electron chi connectivity index (χ2n) is 4.64. The van der Waals surface area contributed by atoms with Crippen LogP contribution in [0.2, 0.25) is 0 Å². The number of hydrogen-bond acceptors (Lipinski definition) is 3. The average Bonchev–Trinajstić information content (AvgIpc) is 2.37. The number of nitrogens with one attached hydrogen (secondary N) is 1. The third-order valence-corrected chi connectivity index (χ3v) is 2.99. The molecule has 0 aliphatic heterocycles. The fourth-order valence-corrected chi connectivity index (χ4v) is 2.08. The Morgan fingerprint density at radius 2 is 2.11 bits per heavy atom. The number of rotatable bonds is 2. The molecule has 0 amide bonds. The van der Waals surface area contributed by atoms with Gasteiger partial charge in [0.05, 0.1) is 0 Å². The highest BCUT2D eigenvalue weighted by Crippen LogP contribution is 2.31. The summed E-state index contributed by atoms with van der Waals surface area (Å²) in [6.45, 7) is 3.97. The number of phenolic OH excluding ortho intramolecular Hbond substituents is 1. The van der Waals surface area contributed by atoms with Crippen molar-refractivity contribution in [3.05, 3.63) is 51.9 Å². The highest BCUT2D eigenvalue weighted by atomic mass is 16.3. The standard InChI is InChI=1S/C15H14N2O2/c1-9(2)13-8-17-15(19)12(7-16)14(13)10-4-3-5-11(18)6-10/h3-6,8-9,18H,1-2H3,(H,17,19). The smallest absolute Gasteiger partial charge is 0.266 e. The molecule has 0 bridgehead atoms. The molecule has 1 aromatic carbocycles. The van der Waals surface area contributed by atoms with Gasteiger partial charge in [-0.1, -0.05) is 26.0 Å². The monoisotopic (exact) mass is 254 g/mol. The van der Waals surface area contributed by atoms with E-state index in [0.29, 0.717) is 11.1 Å².